The minimum absolute atomic E-state index is 0.0495. The fourth-order valence-electron chi connectivity index (χ4n) is 4.20. The van der Waals surface area contributed by atoms with Crippen LogP contribution in [0.1, 0.15) is 31.7 Å². The van der Waals surface area contributed by atoms with E-state index in [9.17, 15) is 9.59 Å². The number of para-hydroxylation sites is 1. The number of carbonyl (C=O) groups is 2. The van der Waals surface area contributed by atoms with Crippen LogP contribution < -0.4 is 0 Å². The van der Waals surface area contributed by atoms with E-state index in [0.717, 1.165) is 21.0 Å². The van der Waals surface area contributed by atoms with E-state index in [4.69, 9.17) is 4.74 Å². The lowest BCUT2D eigenvalue weighted by molar-refractivity contribution is -0.0222. The van der Waals surface area contributed by atoms with Crippen molar-refractivity contribution in [3.8, 4) is 0 Å². The maximum atomic E-state index is 13.5. The van der Waals surface area contributed by atoms with Crippen molar-refractivity contribution in [2.45, 2.75) is 6.10 Å². The number of hydrogen-bond donors (Lipinski definition) is 0. The van der Waals surface area contributed by atoms with Gasteiger partial charge in [-0.2, -0.15) is 0 Å². The molecule has 0 saturated carbocycles. The molecule has 2 amide bonds. The second-order valence-corrected chi connectivity index (χ2v) is 9.08. The number of hydrogen-bond acceptors (Lipinski definition) is 5. The van der Waals surface area contributed by atoms with Crippen LogP contribution in [0.15, 0.2) is 60.8 Å². The third kappa shape index (κ3) is 3.53. The normalized spacial score (nSPS) is 16.4. The van der Waals surface area contributed by atoms with Crippen molar-refractivity contribution in [3.63, 3.8) is 0 Å². The molecule has 5 rings (SSSR count). The Morgan fingerprint density at radius 2 is 1.91 bits per heavy atom. The van der Waals surface area contributed by atoms with Gasteiger partial charge in [0.1, 0.15) is 6.10 Å². The van der Waals surface area contributed by atoms with Gasteiger partial charge in [0, 0.05) is 42.5 Å². The molecule has 0 aliphatic carbocycles. The molecule has 0 unspecified atom stereocenters. The quantitative estimate of drug-likeness (QED) is 0.470. The highest BCUT2D eigenvalue weighted by Gasteiger charge is 2.32. The molecule has 7 heteroatoms. The van der Waals surface area contributed by atoms with Gasteiger partial charge in [-0.25, -0.2) is 0 Å². The van der Waals surface area contributed by atoms with Gasteiger partial charge in [-0.1, -0.05) is 36.4 Å². The standard InChI is InChI=1S/C25H23N3O3S/c1-27(2)25(30)23-21(17-9-3-4-11-20(17)32-23)19-15-28(13-14-31-19)24(29)18-10-5-7-16-8-6-12-26-22(16)18/h3-12,19H,13-15H2,1-2H3/t19-/m1/s1. The van der Waals surface area contributed by atoms with Gasteiger partial charge in [0.25, 0.3) is 11.8 Å². The van der Waals surface area contributed by atoms with Gasteiger partial charge in [0.05, 0.1) is 29.1 Å². The summed E-state index contributed by atoms with van der Waals surface area (Å²) in [5.41, 5.74) is 2.16. The smallest absolute Gasteiger partial charge is 0.263 e. The molecule has 0 spiro atoms. The van der Waals surface area contributed by atoms with Crippen LogP contribution >= 0.6 is 11.3 Å². The van der Waals surface area contributed by atoms with Gasteiger partial charge in [-0.15, -0.1) is 11.3 Å². The molecular formula is C25H23N3O3S. The second-order valence-electron chi connectivity index (χ2n) is 8.03. The largest absolute Gasteiger partial charge is 0.370 e. The molecule has 2 aromatic carbocycles. The molecule has 162 valence electrons. The topological polar surface area (TPSA) is 62.7 Å². The first-order valence-electron chi connectivity index (χ1n) is 10.5. The first-order valence-corrected chi connectivity index (χ1v) is 11.3. The van der Waals surface area contributed by atoms with E-state index in [-0.39, 0.29) is 17.9 Å². The lowest BCUT2D eigenvalue weighted by atomic mass is 10.0. The summed E-state index contributed by atoms with van der Waals surface area (Å²) in [6.45, 7) is 1.29. The average molecular weight is 446 g/mol. The van der Waals surface area contributed by atoms with Gasteiger partial charge < -0.3 is 14.5 Å². The van der Waals surface area contributed by atoms with Crippen LogP contribution in [0, 0.1) is 0 Å². The highest BCUT2D eigenvalue weighted by Crippen LogP contribution is 2.39. The number of aromatic nitrogens is 1. The lowest BCUT2D eigenvalue weighted by Crippen LogP contribution is -2.42. The molecular weight excluding hydrogens is 422 g/mol. The summed E-state index contributed by atoms with van der Waals surface area (Å²) in [6.07, 6.45) is 1.34. The first kappa shape index (κ1) is 20.6. The van der Waals surface area contributed by atoms with Crippen LogP contribution in [0.5, 0.6) is 0 Å². The van der Waals surface area contributed by atoms with Crippen molar-refractivity contribution in [3.05, 3.63) is 76.8 Å². The molecule has 4 aromatic rings. The maximum absolute atomic E-state index is 13.5. The van der Waals surface area contributed by atoms with E-state index in [2.05, 4.69) is 4.98 Å². The summed E-state index contributed by atoms with van der Waals surface area (Å²) in [7, 11) is 3.50. The molecule has 0 radical (unpaired) electrons. The number of rotatable bonds is 3. The van der Waals surface area contributed by atoms with Crippen LogP contribution in [-0.4, -0.2) is 60.4 Å². The zero-order chi connectivity index (χ0) is 22.2. The number of amides is 2. The number of pyridine rings is 1. The summed E-state index contributed by atoms with van der Waals surface area (Å²) in [5.74, 6) is -0.117. The SMILES string of the molecule is CN(C)C(=O)c1sc2ccccc2c1[C@H]1CN(C(=O)c2cccc3cccnc23)CCO1. The zero-order valence-corrected chi connectivity index (χ0v) is 18.8. The third-order valence-corrected chi connectivity index (χ3v) is 6.95. The number of nitrogens with zero attached hydrogens (tertiary/aromatic N) is 3. The Balaban J connectivity index is 1.52. The molecule has 6 nitrogen and oxygen atoms in total. The highest BCUT2D eigenvalue weighted by atomic mass is 32.1. The van der Waals surface area contributed by atoms with Crippen molar-refractivity contribution in [1.82, 2.24) is 14.8 Å². The summed E-state index contributed by atoms with van der Waals surface area (Å²) in [6, 6.07) is 17.5. The van der Waals surface area contributed by atoms with Gasteiger partial charge >= 0.3 is 0 Å². The van der Waals surface area contributed by atoms with E-state index in [1.807, 2.05) is 59.5 Å². The lowest BCUT2D eigenvalue weighted by Gasteiger charge is -2.33. The Labute approximate surface area is 190 Å². The van der Waals surface area contributed by atoms with Gasteiger partial charge in [0.15, 0.2) is 0 Å². The summed E-state index contributed by atoms with van der Waals surface area (Å²) in [5, 5.41) is 1.94. The van der Waals surface area contributed by atoms with Gasteiger partial charge in [-0.3, -0.25) is 14.6 Å². The monoisotopic (exact) mass is 445 g/mol. The van der Waals surface area contributed by atoms with Gasteiger partial charge in [-0.05, 0) is 23.6 Å². The molecule has 32 heavy (non-hydrogen) atoms. The van der Waals surface area contributed by atoms with E-state index >= 15 is 0 Å². The Morgan fingerprint density at radius 1 is 1.09 bits per heavy atom. The van der Waals surface area contributed by atoms with Crippen molar-refractivity contribution < 1.29 is 14.3 Å². The summed E-state index contributed by atoms with van der Waals surface area (Å²) < 4.78 is 7.17. The first-order chi connectivity index (χ1) is 15.5. The molecule has 1 aliphatic heterocycles. The second kappa shape index (κ2) is 8.33. The number of ether oxygens (including phenoxy) is 1. The third-order valence-electron chi connectivity index (χ3n) is 5.77. The average Bonchev–Trinajstić information content (AvgIpc) is 3.22. The molecule has 0 N–H and O–H groups in total. The Bertz CT molecular complexity index is 1330. The minimum atomic E-state index is -0.370. The van der Waals surface area contributed by atoms with Crippen molar-refractivity contribution in [2.75, 3.05) is 33.8 Å². The molecule has 2 aromatic heterocycles. The highest BCUT2D eigenvalue weighted by molar-refractivity contribution is 7.21. The summed E-state index contributed by atoms with van der Waals surface area (Å²) in [4.78, 5) is 34.9. The molecule has 1 atom stereocenters. The maximum Gasteiger partial charge on any atom is 0.263 e. The van der Waals surface area contributed by atoms with Crippen molar-refractivity contribution >= 4 is 44.1 Å². The predicted molar refractivity (Wildman–Crippen MR) is 126 cm³/mol. The molecule has 1 aliphatic rings. The van der Waals surface area contributed by atoms with Crippen LogP contribution in [0.3, 0.4) is 0 Å². The van der Waals surface area contributed by atoms with Crippen LogP contribution in [-0.2, 0) is 4.74 Å². The molecule has 1 fully saturated rings. The Morgan fingerprint density at radius 3 is 2.75 bits per heavy atom. The van der Waals surface area contributed by atoms with Crippen molar-refractivity contribution in [2.24, 2.45) is 0 Å². The number of fused-ring (bicyclic) bond motifs is 2. The zero-order valence-electron chi connectivity index (χ0n) is 17.9. The molecule has 3 heterocycles. The van der Waals surface area contributed by atoms with Gasteiger partial charge in [0.2, 0.25) is 0 Å². The predicted octanol–water partition coefficient (Wildman–Crippen LogP) is 4.37. The van der Waals surface area contributed by atoms with E-state index < -0.39 is 0 Å². The molecule has 0 bridgehead atoms. The van der Waals surface area contributed by atoms with Crippen LogP contribution in [0.4, 0.5) is 0 Å². The van der Waals surface area contributed by atoms with Crippen molar-refractivity contribution in [1.29, 1.82) is 0 Å². The van der Waals surface area contributed by atoms with E-state index in [1.54, 1.807) is 25.2 Å². The number of carbonyl (C=O) groups excluding carboxylic acids is 2. The molecule has 1 saturated heterocycles. The van der Waals surface area contributed by atoms with Crippen LogP contribution in [0.25, 0.3) is 21.0 Å². The Hall–Kier alpha value is -3.29. The Kier molecular flexibility index (Phi) is 5.36. The number of benzene rings is 2. The summed E-state index contributed by atoms with van der Waals surface area (Å²) >= 11 is 1.48. The van der Waals surface area contributed by atoms with Crippen LogP contribution in [0.2, 0.25) is 0 Å². The fourth-order valence-corrected chi connectivity index (χ4v) is 5.48. The number of morpholine rings is 1. The fraction of sp³-hybridized carbons (Fsp3) is 0.240. The minimum Gasteiger partial charge on any atom is -0.370 e. The van der Waals surface area contributed by atoms with E-state index in [0.29, 0.717) is 35.7 Å². The number of thiophene rings is 1. The van der Waals surface area contributed by atoms with E-state index in [1.165, 1.54) is 11.3 Å².